The minimum absolute atomic E-state index is 0.113. The van der Waals surface area contributed by atoms with E-state index < -0.39 is 43.4 Å². The number of ether oxygens (including phenoxy) is 4. The maximum Gasteiger partial charge on any atom is 0.306 e. The largest absolute Gasteiger partial charge is 0.457 e. The molecule has 6 unspecified atom stereocenters. The third-order valence-electron chi connectivity index (χ3n) is 11.6. The topological polar surface area (TPSA) is 135 Å². The van der Waals surface area contributed by atoms with Crippen molar-refractivity contribution in [2.24, 2.45) is 0 Å². The summed E-state index contributed by atoms with van der Waals surface area (Å²) in [5, 5.41) is 40.2. The van der Waals surface area contributed by atoms with Crippen LogP contribution in [0, 0.1) is 0 Å². The van der Waals surface area contributed by atoms with E-state index in [1.54, 1.807) is 0 Å². The number of aliphatic hydroxyl groups is 4. The number of unbranched alkanes of at least 4 members (excludes halogenated alkanes) is 28. The molecule has 6 atom stereocenters. The summed E-state index contributed by atoms with van der Waals surface area (Å²) >= 11 is 0. The maximum absolute atomic E-state index is 12.8. The van der Waals surface area contributed by atoms with Crippen molar-refractivity contribution in [1.29, 1.82) is 0 Å². The average Bonchev–Trinajstić information content (AvgIpc) is 3.24. The molecule has 4 N–H and O–H groups in total. The first-order valence-electron chi connectivity index (χ1n) is 24.9. The van der Waals surface area contributed by atoms with Gasteiger partial charge in [0.2, 0.25) is 0 Å². The molecule has 0 saturated carbocycles. The molecule has 1 saturated heterocycles. The van der Waals surface area contributed by atoms with Gasteiger partial charge < -0.3 is 39.4 Å². The summed E-state index contributed by atoms with van der Waals surface area (Å²) in [6.45, 7) is 4.57. The average molecular weight is 839 g/mol. The van der Waals surface area contributed by atoms with Gasteiger partial charge in [-0.25, -0.2) is 0 Å². The van der Waals surface area contributed by atoms with Crippen molar-refractivity contribution in [3.63, 3.8) is 0 Å². The summed E-state index contributed by atoms with van der Waals surface area (Å²) < 4.78 is 22.9. The fraction of sp³-hybridized carbons (Fsp3) is 0.900. The summed E-state index contributed by atoms with van der Waals surface area (Å²) in [4.78, 5) is 12.8. The molecule has 1 aliphatic rings. The van der Waals surface area contributed by atoms with E-state index in [0.29, 0.717) is 13.0 Å². The zero-order valence-electron chi connectivity index (χ0n) is 38.3. The lowest BCUT2D eigenvalue weighted by atomic mass is 9.99. The molecule has 1 aliphatic heterocycles. The van der Waals surface area contributed by atoms with E-state index in [9.17, 15) is 25.2 Å². The number of hydrogen-bond donors (Lipinski definition) is 4. The first kappa shape index (κ1) is 55.7. The molecule has 1 fully saturated rings. The van der Waals surface area contributed by atoms with E-state index in [2.05, 4.69) is 38.2 Å². The Balaban J connectivity index is 2.22. The normalized spacial score (nSPS) is 20.3. The van der Waals surface area contributed by atoms with E-state index in [4.69, 9.17) is 18.9 Å². The highest BCUT2D eigenvalue weighted by atomic mass is 16.7. The summed E-state index contributed by atoms with van der Waals surface area (Å²) in [5.74, 6) is -0.316. The molecule has 0 aromatic carbocycles. The van der Waals surface area contributed by atoms with Crippen molar-refractivity contribution in [2.75, 3.05) is 26.4 Å². The number of allylic oxidation sites excluding steroid dienone is 4. The lowest BCUT2D eigenvalue weighted by molar-refractivity contribution is -0.305. The van der Waals surface area contributed by atoms with E-state index in [-0.39, 0.29) is 19.2 Å². The molecule has 0 amide bonds. The lowest BCUT2D eigenvalue weighted by Crippen LogP contribution is -2.59. The first-order chi connectivity index (χ1) is 28.9. The molecule has 9 nitrogen and oxygen atoms in total. The second kappa shape index (κ2) is 42.0. The molecule has 1 heterocycles. The summed E-state index contributed by atoms with van der Waals surface area (Å²) in [5.41, 5.74) is 0. The summed E-state index contributed by atoms with van der Waals surface area (Å²) in [7, 11) is 0. The molecular formula is C50H94O9. The Kier molecular flexibility index (Phi) is 39.6. The zero-order valence-corrected chi connectivity index (χ0v) is 38.3. The molecule has 0 radical (unpaired) electrons. The predicted molar refractivity (Wildman–Crippen MR) is 242 cm³/mol. The monoisotopic (exact) mass is 839 g/mol. The van der Waals surface area contributed by atoms with E-state index in [1.165, 1.54) is 173 Å². The number of rotatable bonds is 43. The van der Waals surface area contributed by atoms with Gasteiger partial charge in [0, 0.05) is 13.0 Å². The second-order valence-electron chi connectivity index (χ2n) is 17.3. The second-order valence-corrected chi connectivity index (χ2v) is 17.3. The molecular weight excluding hydrogens is 745 g/mol. The van der Waals surface area contributed by atoms with Crippen LogP contribution in [-0.4, -0.2) is 89.6 Å². The van der Waals surface area contributed by atoms with Crippen molar-refractivity contribution in [3.8, 4) is 0 Å². The van der Waals surface area contributed by atoms with E-state index in [0.717, 1.165) is 32.1 Å². The van der Waals surface area contributed by atoms with Crippen LogP contribution in [0.2, 0.25) is 0 Å². The van der Waals surface area contributed by atoms with Gasteiger partial charge >= 0.3 is 5.97 Å². The zero-order chi connectivity index (χ0) is 42.9. The van der Waals surface area contributed by atoms with Crippen molar-refractivity contribution in [3.05, 3.63) is 24.3 Å². The lowest BCUT2D eigenvalue weighted by Gasteiger charge is -2.39. The number of carbonyl (C=O) groups excluding carboxylic acids is 1. The van der Waals surface area contributed by atoms with Crippen LogP contribution in [0.25, 0.3) is 0 Å². The molecule has 59 heavy (non-hydrogen) atoms. The smallest absolute Gasteiger partial charge is 0.306 e. The number of carbonyl (C=O) groups is 1. The van der Waals surface area contributed by atoms with Crippen LogP contribution in [0.15, 0.2) is 24.3 Å². The quantitative estimate of drug-likeness (QED) is 0.0269. The molecule has 348 valence electrons. The minimum atomic E-state index is -1.54. The Morgan fingerprint density at radius 2 is 0.932 bits per heavy atom. The van der Waals surface area contributed by atoms with Gasteiger partial charge in [0.25, 0.3) is 0 Å². The molecule has 0 aromatic heterocycles. The Morgan fingerprint density at radius 1 is 0.525 bits per heavy atom. The maximum atomic E-state index is 12.8. The standard InChI is InChI=1S/C50H94O9/c1-3-5-7-9-11-13-15-17-19-21-23-25-27-29-31-33-35-37-39-46(52)58-44(43-57-50-49(55)48(54)47(53)45(41-51)59-50)42-56-40-38-36-34-32-30-28-26-24-22-20-18-16-14-12-10-8-6-4-2/h18-21,44-45,47-51,53-55H,3-17,22-43H2,1-2H3/b20-18-,21-19-. The number of aliphatic hydroxyl groups excluding tert-OH is 4. The Bertz CT molecular complexity index is 957. The van der Waals surface area contributed by atoms with Gasteiger partial charge in [0.15, 0.2) is 6.29 Å². The Labute approximate surface area is 362 Å². The Hall–Kier alpha value is -1.33. The van der Waals surface area contributed by atoms with Gasteiger partial charge in [0.05, 0.1) is 19.8 Å². The van der Waals surface area contributed by atoms with Crippen molar-refractivity contribution in [1.82, 2.24) is 0 Å². The van der Waals surface area contributed by atoms with Gasteiger partial charge in [-0.1, -0.05) is 179 Å². The minimum Gasteiger partial charge on any atom is -0.457 e. The van der Waals surface area contributed by atoms with Crippen molar-refractivity contribution >= 4 is 5.97 Å². The van der Waals surface area contributed by atoms with E-state index in [1.807, 2.05) is 0 Å². The van der Waals surface area contributed by atoms with Gasteiger partial charge in [-0.15, -0.1) is 0 Å². The predicted octanol–water partition coefficient (Wildman–Crippen LogP) is 11.8. The fourth-order valence-electron chi connectivity index (χ4n) is 7.66. The molecule has 9 heteroatoms. The summed E-state index contributed by atoms with van der Waals surface area (Å²) in [6.07, 6.45) is 42.0. The first-order valence-corrected chi connectivity index (χ1v) is 24.9. The molecule has 0 bridgehead atoms. The van der Waals surface area contributed by atoms with Crippen LogP contribution >= 0.6 is 0 Å². The van der Waals surface area contributed by atoms with Crippen LogP contribution in [0.1, 0.15) is 226 Å². The summed E-state index contributed by atoms with van der Waals surface area (Å²) in [6, 6.07) is 0. The molecule has 0 aromatic rings. The van der Waals surface area contributed by atoms with Crippen LogP contribution in [-0.2, 0) is 23.7 Å². The van der Waals surface area contributed by atoms with Crippen LogP contribution in [0.4, 0.5) is 0 Å². The highest BCUT2D eigenvalue weighted by Gasteiger charge is 2.44. The number of esters is 1. The molecule has 1 rings (SSSR count). The van der Waals surface area contributed by atoms with Gasteiger partial charge in [0.1, 0.15) is 30.5 Å². The SMILES string of the molecule is CCCCCCCC/C=C\CCCCCCCCCCOCC(COC1OC(CO)C(O)C(O)C1O)OC(=O)CCCCCCCCC/C=C\CCCCCCCCC. The van der Waals surface area contributed by atoms with Crippen molar-refractivity contribution < 1.29 is 44.2 Å². The van der Waals surface area contributed by atoms with Crippen LogP contribution in [0.5, 0.6) is 0 Å². The third kappa shape index (κ3) is 33.0. The highest BCUT2D eigenvalue weighted by Crippen LogP contribution is 2.23. The van der Waals surface area contributed by atoms with Crippen LogP contribution in [0.3, 0.4) is 0 Å². The fourth-order valence-corrected chi connectivity index (χ4v) is 7.66. The number of hydrogen-bond acceptors (Lipinski definition) is 9. The van der Waals surface area contributed by atoms with Crippen LogP contribution < -0.4 is 0 Å². The van der Waals surface area contributed by atoms with Crippen molar-refractivity contribution in [2.45, 2.75) is 263 Å². The van der Waals surface area contributed by atoms with Gasteiger partial charge in [-0.2, -0.15) is 0 Å². The molecule has 0 aliphatic carbocycles. The van der Waals surface area contributed by atoms with Gasteiger partial charge in [-0.05, 0) is 64.2 Å². The van der Waals surface area contributed by atoms with Gasteiger partial charge in [-0.3, -0.25) is 4.79 Å². The Morgan fingerprint density at radius 3 is 1.37 bits per heavy atom. The third-order valence-corrected chi connectivity index (χ3v) is 11.6. The van der Waals surface area contributed by atoms with E-state index >= 15 is 0 Å². The highest BCUT2D eigenvalue weighted by molar-refractivity contribution is 5.69. The molecule has 0 spiro atoms.